The summed E-state index contributed by atoms with van der Waals surface area (Å²) in [5, 5.41) is 5.08. The van der Waals surface area contributed by atoms with Gasteiger partial charge in [-0.05, 0) is 24.3 Å². The van der Waals surface area contributed by atoms with Gasteiger partial charge in [-0.3, -0.25) is 4.98 Å². The largest absolute Gasteiger partial charge is 0.382 e. The van der Waals surface area contributed by atoms with Crippen LogP contribution < -0.4 is 5.32 Å². The molecule has 1 N–H and O–H groups in total. The summed E-state index contributed by atoms with van der Waals surface area (Å²) in [6.45, 7) is 1.23. The number of nitrogens with zero attached hydrogens (tertiary/aromatic N) is 1. The zero-order chi connectivity index (χ0) is 13.7. The Morgan fingerprint density at radius 1 is 1.32 bits per heavy atom. The van der Waals surface area contributed by atoms with Crippen molar-refractivity contribution in [3.05, 3.63) is 35.5 Å². The number of hydrogen-bond donors (Lipinski definition) is 1. The summed E-state index contributed by atoms with van der Waals surface area (Å²) in [7, 11) is 3.34. The van der Waals surface area contributed by atoms with Crippen molar-refractivity contribution in [3.63, 3.8) is 0 Å². The zero-order valence-corrected chi connectivity index (χ0v) is 11.8. The molecule has 0 radical (unpaired) electrons. The summed E-state index contributed by atoms with van der Waals surface area (Å²) < 4.78 is 10.4. The molecule has 4 nitrogen and oxygen atoms in total. The van der Waals surface area contributed by atoms with Gasteiger partial charge in [-0.2, -0.15) is 0 Å². The third kappa shape index (κ3) is 3.56. The fourth-order valence-electron chi connectivity index (χ4n) is 1.90. The van der Waals surface area contributed by atoms with Gasteiger partial charge in [0.15, 0.2) is 0 Å². The van der Waals surface area contributed by atoms with Crippen molar-refractivity contribution in [2.45, 2.75) is 6.10 Å². The molecule has 1 aromatic carbocycles. The molecule has 1 aromatic heterocycles. The van der Waals surface area contributed by atoms with Gasteiger partial charge in [0.05, 0.1) is 18.2 Å². The van der Waals surface area contributed by atoms with Gasteiger partial charge in [0.2, 0.25) is 0 Å². The maximum atomic E-state index is 5.97. The summed E-state index contributed by atoms with van der Waals surface area (Å²) in [6, 6.07) is 7.62. The predicted molar refractivity (Wildman–Crippen MR) is 77.9 cm³/mol. The molecule has 0 amide bonds. The summed E-state index contributed by atoms with van der Waals surface area (Å²) >= 11 is 5.97. The van der Waals surface area contributed by atoms with Crippen LogP contribution in [0.1, 0.15) is 0 Å². The van der Waals surface area contributed by atoms with Crippen LogP contribution in [-0.4, -0.2) is 38.5 Å². The minimum Gasteiger partial charge on any atom is -0.382 e. The van der Waals surface area contributed by atoms with Crippen LogP contribution in [0.5, 0.6) is 0 Å². The van der Waals surface area contributed by atoms with Crippen molar-refractivity contribution in [2.24, 2.45) is 0 Å². The van der Waals surface area contributed by atoms with Gasteiger partial charge in [0.1, 0.15) is 0 Å². The van der Waals surface area contributed by atoms with E-state index in [9.17, 15) is 0 Å². The number of halogens is 1. The third-order valence-corrected chi connectivity index (χ3v) is 3.15. The van der Waals surface area contributed by atoms with Gasteiger partial charge in [-0.25, -0.2) is 0 Å². The predicted octanol–water partition coefficient (Wildman–Crippen LogP) is 2.96. The van der Waals surface area contributed by atoms with E-state index < -0.39 is 0 Å². The minimum atomic E-state index is 0.0144. The lowest BCUT2D eigenvalue weighted by Gasteiger charge is -2.16. The van der Waals surface area contributed by atoms with Crippen LogP contribution in [0, 0.1) is 0 Å². The molecule has 0 saturated heterocycles. The van der Waals surface area contributed by atoms with Gasteiger partial charge in [0, 0.05) is 43.1 Å². The Morgan fingerprint density at radius 3 is 2.89 bits per heavy atom. The number of nitrogens with one attached hydrogen (secondary N) is 1. The molecule has 0 aliphatic rings. The first kappa shape index (κ1) is 14.1. The number of ether oxygens (including phenoxy) is 2. The number of pyridine rings is 1. The van der Waals surface area contributed by atoms with E-state index in [1.165, 1.54) is 0 Å². The Kier molecular flexibility index (Phi) is 4.96. The normalized spacial score (nSPS) is 12.6. The summed E-state index contributed by atoms with van der Waals surface area (Å²) in [6.07, 6.45) is 1.78. The summed E-state index contributed by atoms with van der Waals surface area (Å²) in [5.74, 6) is 0. The number of hydrogen-bond acceptors (Lipinski definition) is 4. The molecule has 1 unspecified atom stereocenters. The minimum absolute atomic E-state index is 0.0144. The first-order valence-corrected chi connectivity index (χ1v) is 6.42. The van der Waals surface area contributed by atoms with E-state index in [1.807, 2.05) is 24.3 Å². The lowest BCUT2D eigenvalue weighted by atomic mass is 10.2. The van der Waals surface area contributed by atoms with Gasteiger partial charge in [-0.15, -0.1) is 0 Å². The highest BCUT2D eigenvalue weighted by molar-refractivity contribution is 6.31. The van der Waals surface area contributed by atoms with Crippen molar-refractivity contribution in [1.82, 2.24) is 4.98 Å². The Hall–Kier alpha value is -1.36. The van der Waals surface area contributed by atoms with Crippen molar-refractivity contribution in [2.75, 3.05) is 32.7 Å². The molecule has 5 heteroatoms. The molecule has 2 aromatic rings. The van der Waals surface area contributed by atoms with E-state index in [1.54, 1.807) is 20.4 Å². The molecule has 0 spiro atoms. The standard InChI is InChI=1S/C14H17ClN2O2/c1-18-9-11(19-2)8-17-13-5-6-16-14-7-10(15)3-4-12(13)14/h3-7,11H,8-9H2,1-2H3,(H,16,17). The maximum Gasteiger partial charge on any atom is 0.0976 e. The molecule has 1 atom stereocenters. The fourth-order valence-corrected chi connectivity index (χ4v) is 2.06. The maximum absolute atomic E-state index is 5.97. The van der Waals surface area contributed by atoms with Crippen molar-refractivity contribution >= 4 is 28.2 Å². The molecule has 1 heterocycles. The molecule has 2 rings (SSSR count). The first-order chi connectivity index (χ1) is 9.24. The van der Waals surface area contributed by atoms with Crippen LogP contribution in [0.3, 0.4) is 0 Å². The smallest absolute Gasteiger partial charge is 0.0976 e. The first-order valence-electron chi connectivity index (χ1n) is 6.04. The average Bonchev–Trinajstić information content (AvgIpc) is 2.43. The van der Waals surface area contributed by atoms with Gasteiger partial charge >= 0.3 is 0 Å². The second kappa shape index (κ2) is 6.70. The second-order valence-electron chi connectivity index (χ2n) is 4.21. The molecule has 19 heavy (non-hydrogen) atoms. The van der Waals surface area contributed by atoms with Crippen molar-refractivity contribution in [1.29, 1.82) is 0 Å². The van der Waals surface area contributed by atoms with E-state index in [4.69, 9.17) is 21.1 Å². The van der Waals surface area contributed by atoms with Crippen LogP contribution in [0.2, 0.25) is 5.02 Å². The van der Waals surface area contributed by atoms with Crippen LogP contribution in [-0.2, 0) is 9.47 Å². The highest BCUT2D eigenvalue weighted by atomic mass is 35.5. The molecule has 0 saturated carbocycles. The zero-order valence-electron chi connectivity index (χ0n) is 11.0. The Labute approximate surface area is 117 Å². The number of fused-ring (bicyclic) bond motifs is 1. The second-order valence-corrected chi connectivity index (χ2v) is 4.65. The lowest BCUT2D eigenvalue weighted by Crippen LogP contribution is -2.26. The Morgan fingerprint density at radius 2 is 2.16 bits per heavy atom. The molecule has 0 fully saturated rings. The Bertz CT molecular complexity index is 548. The van der Waals surface area contributed by atoms with Crippen molar-refractivity contribution < 1.29 is 9.47 Å². The average molecular weight is 281 g/mol. The third-order valence-electron chi connectivity index (χ3n) is 2.91. The number of methoxy groups -OCH3 is 2. The quantitative estimate of drug-likeness (QED) is 0.883. The van der Waals surface area contributed by atoms with E-state index in [0.29, 0.717) is 18.2 Å². The van der Waals surface area contributed by atoms with E-state index >= 15 is 0 Å². The van der Waals surface area contributed by atoms with E-state index in [2.05, 4.69) is 10.3 Å². The van der Waals surface area contributed by atoms with Gasteiger partial charge in [0.25, 0.3) is 0 Å². The summed E-state index contributed by atoms with van der Waals surface area (Å²) in [5.41, 5.74) is 1.89. The number of benzene rings is 1. The monoisotopic (exact) mass is 280 g/mol. The lowest BCUT2D eigenvalue weighted by molar-refractivity contribution is 0.0366. The highest BCUT2D eigenvalue weighted by Gasteiger charge is 2.08. The fraction of sp³-hybridized carbons (Fsp3) is 0.357. The molecular formula is C14H17ClN2O2. The molecule has 0 aliphatic heterocycles. The SMILES string of the molecule is COCC(CNc1ccnc2cc(Cl)ccc12)OC. The van der Waals surface area contributed by atoms with Crippen molar-refractivity contribution in [3.8, 4) is 0 Å². The number of rotatable bonds is 6. The van der Waals surface area contributed by atoms with Gasteiger partial charge < -0.3 is 14.8 Å². The molecule has 102 valence electrons. The highest BCUT2D eigenvalue weighted by Crippen LogP contribution is 2.24. The van der Waals surface area contributed by atoms with Crippen LogP contribution >= 0.6 is 11.6 Å². The van der Waals surface area contributed by atoms with Crippen LogP contribution in [0.25, 0.3) is 10.9 Å². The molecular weight excluding hydrogens is 264 g/mol. The molecule has 0 aliphatic carbocycles. The van der Waals surface area contributed by atoms with E-state index in [-0.39, 0.29) is 6.10 Å². The topological polar surface area (TPSA) is 43.4 Å². The summed E-state index contributed by atoms with van der Waals surface area (Å²) in [4.78, 5) is 4.31. The van der Waals surface area contributed by atoms with Gasteiger partial charge in [-0.1, -0.05) is 11.6 Å². The van der Waals surface area contributed by atoms with Crippen LogP contribution in [0.4, 0.5) is 5.69 Å². The number of aromatic nitrogens is 1. The van der Waals surface area contributed by atoms with Crippen LogP contribution in [0.15, 0.2) is 30.5 Å². The molecule has 0 bridgehead atoms. The number of anilines is 1. The van der Waals surface area contributed by atoms with E-state index in [0.717, 1.165) is 16.6 Å². The Balaban J connectivity index is 2.16.